The zero-order valence-electron chi connectivity index (χ0n) is 13.2. The summed E-state index contributed by atoms with van der Waals surface area (Å²) < 4.78 is 5.40. The predicted octanol–water partition coefficient (Wildman–Crippen LogP) is 3.41. The van der Waals surface area contributed by atoms with Crippen molar-refractivity contribution in [2.24, 2.45) is 0 Å². The zero-order chi connectivity index (χ0) is 14.7. The highest BCUT2D eigenvalue weighted by molar-refractivity contribution is 5.52. The molecule has 21 heavy (non-hydrogen) atoms. The van der Waals surface area contributed by atoms with Crippen molar-refractivity contribution in [2.75, 3.05) is 31.2 Å². The normalized spacial score (nSPS) is 19.3. The van der Waals surface area contributed by atoms with Crippen LogP contribution in [0.25, 0.3) is 0 Å². The summed E-state index contributed by atoms with van der Waals surface area (Å²) in [6.07, 6.45) is 4.92. The van der Waals surface area contributed by atoms with Crippen LogP contribution in [-0.4, -0.2) is 37.2 Å². The molecule has 0 spiro atoms. The van der Waals surface area contributed by atoms with Crippen LogP contribution in [0.4, 0.5) is 5.69 Å². The molecule has 3 heteroatoms. The Bertz CT molecular complexity index is 480. The molecule has 0 amide bonds. The van der Waals surface area contributed by atoms with Crippen molar-refractivity contribution < 1.29 is 4.74 Å². The lowest BCUT2D eigenvalue weighted by molar-refractivity contribution is 0.0342. The fourth-order valence-corrected chi connectivity index (χ4v) is 2.81. The number of anilines is 1. The Balaban J connectivity index is 1.66. The van der Waals surface area contributed by atoms with E-state index in [9.17, 15) is 0 Å². The molecular weight excluding hydrogens is 260 g/mol. The van der Waals surface area contributed by atoms with Crippen LogP contribution >= 0.6 is 0 Å². The predicted molar refractivity (Wildman–Crippen MR) is 87.5 cm³/mol. The molecule has 3 nitrogen and oxygen atoms in total. The lowest BCUT2D eigenvalue weighted by atomic mass is 10.1. The van der Waals surface area contributed by atoms with E-state index in [1.54, 1.807) is 0 Å². The molecule has 1 aliphatic carbocycles. The highest BCUT2D eigenvalue weighted by Crippen LogP contribution is 2.32. The summed E-state index contributed by atoms with van der Waals surface area (Å²) >= 11 is 0. The van der Waals surface area contributed by atoms with Gasteiger partial charge in [0.2, 0.25) is 0 Å². The third kappa shape index (κ3) is 4.08. The van der Waals surface area contributed by atoms with Gasteiger partial charge in [0.05, 0.1) is 13.2 Å². The van der Waals surface area contributed by atoms with E-state index in [-0.39, 0.29) is 0 Å². The van der Waals surface area contributed by atoms with Gasteiger partial charge in [-0.3, -0.25) is 4.90 Å². The second kappa shape index (κ2) is 6.63. The summed E-state index contributed by atoms with van der Waals surface area (Å²) in [5, 5.41) is 0. The van der Waals surface area contributed by atoms with Gasteiger partial charge in [-0.2, -0.15) is 0 Å². The highest BCUT2D eigenvalue weighted by Gasteiger charge is 2.28. The average Bonchev–Trinajstić information content (AvgIpc) is 3.31. The minimum atomic E-state index is 0.713. The zero-order valence-corrected chi connectivity index (χ0v) is 13.2. The van der Waals surface area contributed by atoms with Gasteiger partial charge >= 0.3 is 0 Å². The maximum Gasteiger partial charge on any atom is 0.0594 e. The molecule has 0 aromatic heterocycles. The lowest BCUT2D eigenvalue weighted by Crippen LogP contribution is -2.35. The monoisotopic (exact) mass is 286 g/mol. The van der Waals surface area contributed by atoms with Gasteiger partial charge in [0, 0.05) is 37.6 Å². The van der Waals surface area contributed by atoms with Crippen LogP contribution in [-0.2, 0) is 11.3 Å². The van der Waals surface area contributed by atoms with Crippen LogP contribution in [0.15, 0.2) is 36.0 Å². The second-order valence-electron chi connectivity index (χ2n) is 6.40. The van der Waals surface area contributed by atoms with Crippen LogP contribution in [0.3, 0.4) is 0 Å². The maximum atomic E-state index is 5.40. The summed E-state index contributed by atoms with van der Waals surface area (Å²) in [7, 11) is 0. The molecule has 2 fully saturated rings. The number of ether oxygens (including phenoxy) is 1. The molecule has 0 radical (unpaired) electrons. The van der Waals surface area contributed by atoms with E-state index in [4.69, 9.17) is 4.74 Å². The molecule has 1 saturated heterocycles. The smallest absolute Gasteiger partial charge is 0.0594 e. The molecule has 0 bridgehead atoms. The van der Waals surface area contributed by atoms with Crippen LogP contribution in [0.5, 0.6) is 0 Å². The average molecular weight is 286 g/mol. The molecule has 1 aromatic carbocycles. The van der Waals surface area contributed by atoms with E-state index < -0.39 is 0 Å². The molecule has 1 aliphatic heterocycles. The molecule has 1 saturated carbocycles. The van der Waals surface area contributed by atoms with E-state index in [1.807, 2.05) is 0 Å². The molecular formula is C18H26N2O. The number of benzene rings is 1. The standard InChI is InChI=1S/C18H26N2O/c1-15(2)13-20(18-7-8-18)17-5-3-16(4-6-17)14-19-9-11-21-12-10-19/h3-6,13,18H,7-12,14H2,1-2H3. The largest absolute Gasteiger partial charge is 0.379 e. The van der Waals surface area contributed by atoms with Crippen molar-refractivity contribution in [2.45, 2.75) is 39.3 Å². The van der Waals surface area contributed by atoms with Crippen LogP contribution in [0.1, 0.15) is 32.3 Å². The highest BCUT2D eigenvalue weighted by atomic mass is 16.5. The van der Waals surface area contributed by atoms with E-state index >= 15 is 0 Å². The Labute approximate surface area is 128 Å². The number of hydrogen-bond acceptors (Lipinski definition) is 3. The molecule has 114 valence electrons. The minimum absolute atomic E-state index is 0.713. The first-order valence-corrected chi connectivity index (χ1v) is 8.05. The molecule has 1 heterocycles. The molecule has 0 N–H and O–H groups in total. The van der Waals surface area contributed by atoms with E-state index in [0.29, 0.717) is 6.04 Å². The summed E-state index contributed by atoms with van der Waals surface area (Å²) in [4.78, 5) is 4.90. The fourth-order valence-electron chi connectivity index (χ4n) is 2.81. The maximum absolute atomic E-state index is 5.40. The second-order valence-corrected chi connectivity index (χ2v) is 6.40. The number of morpholine rings is 1. The first kappa shape index (κ1) is 14.6. The van der Waals surface area contributed by atoms with Gasteiger partial charge in [-0.05, 0) is 44.4 Å². The third-order valence-electron chi connectivity index (χ3n) is 4.08. The summed E-state index contributed by atoms with van der Waals surface area (Å²) in [6, 6.07) is 9.81. The lowest BCUT2D eigenvalue weighted by Gasteiger charge is -2.27. The first-order valence-electron chi connectivity index (χ1n) is 8.05. The van der Waals surface area contributed by atoms with Gasteiger partial charge in [0.1, 0.15) is 0 Å². The molecule has 1 aromatic rings. The molecule has 2 aliphatic rings. The number of hydrogen-bond donors (Lipinski definition) is 0. The van der Waals surface area contributed by atoms with Crippen LogP contribution in [0.2, 0.25) is 0 Å². The summed E-state index contributed by atoms with van der Waals surface area (Å²) in [6.45, 7) is 9.21. The SMILES string of the molecule is CC(C)=CN(c1ccc(CN2CCOCC2)cc1)C1CC1. The first-order chi connectivity index (χ1) is 10.2. The van der Waals surface area contributed by atoms with E-state index in [1.165, 1.54) is 29.7 Å². The Hall–Kier alpha value is -1.32. The van der Waals surface area contributed by atoms with Gasteiger partial charge in [-0.1, -0.05) is 17.7 Å². The van der Waals surface area contributed by atoms with Gasteiger partial charge < -0.3 is 9.64 Å². The number of nitrogens with zero attached hydrogens (tertiary/aromatic N) is 2. The van der Waals surface area contributed by atoms with E-state index in [0.717, 1.165) is 32.8 Å². The minimum Gasteiger partial charge on any atom is -0.379 e. The molecule has 3 rings (SSSR count). The van der Waals surface area contributed by atoms with Crippen molar-refractivity contribution in [3.8, 4) is 0 Å². The van der Waals surface area contributed by atoms with Gasteiger partial charge in [0.15, 0.2) is 0 Å². The number of rotatable bonds is 5. The Morgan fingerprint density at radius 2 is 1.86 bits per heavy atom. The number of allylic oxidation sites excluding steroid dienone is 1. The van der Waals surface area contributed by atoms with Crippen molar-refractivity contribution in [3.05, 3.63) is 41.6 Å². The quantitative estimate of drug-likeness (QED) is 0.825. The van der Waals surface area contributed by atoms with Gasteiger partial charge in [-0.15, -0.1) is 0 Å². The molecule has 0 atom stereocenters. The van der Waals surface area contributed by atoms with Crippen LogP contribution < -0.4 is 4.90 Å². The fraction of sp³-hybridized carbons (Fsp3) is 0.556. The van der Waals surface area contributed by atoms with Gasteiger partial charge in [-0.25, -0.2) is 0 Å². The summed E-state index contributed by atoms with van der Waals surface area (Å²) in [5.74, 6) is 0. The van der Waals surface area contributed by atoms with Crippen molar-refractivity contribution in [1.29, 1.82) is 0 Å². The van der Waals surface area contributed by atoms with Crippen LogP contribution in [0, 0.1) is 0 Å². The van der Waals surface area contributed by atoms with Crippen molar-refractivity contribution >= 4 is 5.69 Å². The molecule has 0 unspecified atom stereocenters. The van der Waals surface area contributed by atoms with Gasteiger partial charge in [0.25, 0.3) is 0 Å². The van der Waals surface area contributed by atoms with Crippen molar-refractivity contribution in [1.82, 2.24) is 4.90 Å². The topological polar surface area (TPSA) is 15.7 Å². The van der Waals surface area contributed by atoms with E-state index in [2.05, 4.69) is 54.1 Å². The third-order valence-corrected chi connectivity index (χ3v) is 4.08. The summed E-state index contributed by atoms with van der Waals surface area (Å²) in [5.41, 5.74) is 4.08. The van der Waals surface area contributed by atoms with Crippen molar-refractivity contribution in [3.63, 3.8) is 0 Å². The Morgan fingerprint density at radius 3 is 2.43 bits per heavy atom. The Morgan fingerprint density at radius 1 is 1.19 bits per heavy atom. The Kier molecular flexibility index (Phi) is 4.61.